The molecule has 21 heavy (non-hydrogen) atoms. The molecule has 0 aliphatic rings. The molecule has 0 saturated heterocycles. The number of rotatable bonds is 7. The van der Waals surface area contributed by atoms with Gasteiger partial charge in [-0.1, -0.05) is 0 Å². The highest BCUT2D eigenvalue weighted by Gasteiger charge is 2.21. The van der Waals surface area contributed by atoms with E-state index in [1.807, 2.05) is 20.8 Å². The van der Waals surface area contributed by atoms with E-state index in [4.69, 9.17) is 5.11 Å². The number of aromatic nitrogens is 1. The second kappa shape index (κ2) is 7.97. The van der Waals surface area contributed by atoms with E-state index in [0.717, 1.165) is 10.6 Å². The van der Waals surface area contributed by atoms with Crippen molar-refractivity contribution in [3.05, 3.63) is 16.1 Å². The van der Waals surface area contributed by atoms with Gasteiger partial charge in [-0.15, -0.1) is 11.3 Å². The lowest BCUT2D eigenvalue weighted by Crippen LogP contribution is -2.45. The third-order valence-electron chi connectivity index (χ3n) is 3.21. The fourth-order valence-corrected chi connectivity index (χ4v) is 2.79. The molecule has 0 bridgehead atoms. The average Bonchev–Trinajstić information content (AvgIpc) is 2.78. The van der Waals surface area contributed by atoms with Gasteiger partial charge in [0.25, 0.3) is 0 Å². The summed E-state index contributed by atoms with van der Waals surface area (Å²) in [5.41, 5.74) is 2.72. The molecule has 0 atom stereocenters. The molecular weight excluding hydrogens is 290 g/mol. The zero-order chi connectivity index (χ0) is 16.0. The number of carboxylic acids is 1. The van der Waals surface area contributed by atoms with Gasteiger partial charge in [0.05, 0.1) is 17.7 Å². The van der Waals surface area contributed by atoms with Crippen LogP contribution in [0, 0.1) is 6.92 Å². The molecule has 1 N–H and O–H groups in total. The molecule has 1 aromatic heterocycles. The summed E-state index contributed by atoms with van der Waals surface area (Å²) in [6, 6.07) is -0.0421. The number of nitrogens with zero attached hydrogens (tertiary/aromatic N) is 3. The van der Waals surface area contributed by atoms with Gasteiger partial charge in [0.2, 0.25) is 0 Å². The van der Waals surface area contributed by atoms with Crippen LogP contribution in [0.2, 0.25) is 0 Å². The van der Waals surface area contributed by atoms with E-state index in [9.17, 15) is 9.59 Å². The van der Waals surface area contributed by atoms with Crippen molar-refractivity contribution >= 4 is 23.3 Å². The van der Waals surface area contributed by atoms with Gasteiger partial charge in [-0.2, -0.15) is 0 Å². The Morgan fingerprint density at radius 3 is 2.57 bits per heavy atom. The van der Waals surface area contributed by atoms with Crippen LogP contribution in [0.4, 0.5) is 4.79 Å². The summed E-state index contributed by atoms with van der Waals surface area (Å²) >= 11 is 1.54. The molecule has 0 saturated carbocycles. The summed E-state index contributed by atoms with van der Waals surface area (Å²) in [7, 11) is 1.76. The van der Waals surface area contributed by atoms with Gasteiger partial charge in [-0.3, -0.25) is 4.79 Å². The lowest BCUT2D eigenvalue weighted by atomic mass is 10.2. The predicted octanol–water partition coefficient (Wildman–Crippen LogP) is 2.58. The van der Waals surface area contributed by atoms with Gasteiger partial charge in [0.15, 0.2) is 0 Å². The molecule has 2 amide bonds. The fourth-order valence-electron chi connectivity index (χ4n) is 1.96. The van der Waals surface area contributed by atoms with Crippen molar-refractivity contribution in [1.29, 1.82) is 0 Å². The van der Waals surface area contributed by atoms with Crippen LogP contribution >= 0.6 is 11.3 Å². The molecule has 118 valence electrons. The van der Waals surface area contributed by atoms with Crippen molar-refractivity contribution in [2.45, 2.75) is 46.2 Å². The maximum absolute atomic E-state index is 12.5. The topological polar surface area (TPSA) is 73.7 Å². The molecule has 0 spiro atoms. The van der Waals surface area contributed by atoms with Crippen LogP contribution in [0.15, 0.2) is 5.51 Å². The molecule has 0 aliphatic carbocycles. The highest BCUT2D eigenvalue weighted by atomic mass is 32.1. The fraction of sp³-hybridized carbons (Fsp3) is 0.643. The molecule has 0 unspecified atom stereocenters. The number of carbonyl (C=O) groups is 2. The van der Waals surface area contributed by atoms with Gasteiger partial charge < -0.3 is 14.9 Å². The van der Waals surface area contributed by atoms with E-state index in [1.165, 1.54) is 11.3 Å². The molecule has 0 fully saturated rings. The highest BCUT2D eigenvalue weighted by Crippen LogP contribution is 2.16. The van der Waals surface area contributed by atoms with Crippen LogP contribution in [0.25, 0.3) is 0 Å². The summed E-state index contributed by atoms with van der Waals surface area (Å²) in [5, 5.41) is 8.70. The van der Waals surface area contributed by atoms with Crippen molar-refractivity contribution in [2.75, 3.05) is 13.6 Å². The summed E-state index contributed by atoms with van der Waals surface area (Å²) in [4.78, 5) is 31.7. The third kappa shape index (κ3) is 5.34. The third-order valence-corrected chi connectivity index (χ3v) is 4.13. The molecule has 0 aromatic carbocycles. The molecule has 1 rings (SSSR count). The lowest BCUT2D eigenvalue weighted by molar-refractivity contribution is -0.137. The van der Waals surface area contributed by atoms with Crippen molar-refractivity contribution in [3.63, 3.8) is 0 Å². The maximum atomic E-state index is 12.5. The van der Waals surface area contributed by atoms with E-state index in [-0.39, 0.29) is 18.5 Å². The monoisotopic (exact) mass is 313 g/mol. The molecule has 7 heteroatoms. The van der Waals surface area contributed by atoms with E-state index < -0.39 is 5.97 Å². The van der Waals surface area contributed by atoms with Crippen LogP contribution in [0.5, 0.6) is 0 Å². The maximum Gasteiger partial charge on any atom is 0.320 e. The molecule has 0 aliphatic heterocycles. The molecule has 1 aromatic rings. The number of hydrogen-bond acceptors (Lipinski definition) is 4. The molecular formula is C14H23N3O3S. The minimum absolute atomic E-state index is 0.0382. The number of hydrogen-bond donors (Lipinski definition) is 1. The van der Waals surface area contributed by atoms with E-state index in [2.05, 4.69) is 4.98 Å². The van der Waals surface area contributed by atoms with Crippen LogP contribution in [0.1, 0.15) is 37.3 Å². The quantitative estimate of drug-likeness (QED) is 0.839. The van der Waals surface area contributed by atoms with Crippen molar-refractivity contribution < 1.29 is 14.7 Å². The number of thiazole rings is 1. The Morgan fingerprint density at radius 2 is 2.10 bits per heavy atom. The Hall–Kier alpha value is -1.63. The Bertz CT molecular complexity index is 488. The Labute approximate surface area is 129 Å². The van der Waals surface area contributed by atoms with E-state index in [0.29, 0.717) is 19.5 Å². The number of carbonyl (C=O) groups excluding carboxylic acids is 1. The van der Waals surface area contributed by atoms with Crippen molar-refractivity contribution in [3.8, 4) is 0 Å². The smallest absolute Gasteiger partial charge is 0.320 e. The number of urea groups is 1. The largest absolute Gasteiger partial charge is 0.481 e. The molecule has 1 heterocycles. The van der Waals surface area contributed by atoms with Crippen LogP contribution in [-0.4, -0.2) is 51.5 Å². The lowest BCUT2D eigenvalue weighted by Gasteiger charge is -2.31. The zero-order valence-electron chi connectivity index (χ0n) is 13.0. The number of amides is 2. The summed E-state index contributed by atoms with van der Waals surface area (Å²) in [5.74, 6) is -0.834. The minimum atomic E-state index is -0.834. The first-order valence-electron chi connectivity index (χ1n) is 6.95. The Morgan fingerprint density at radius 1 is 1.43 bits per heavy atom. The first kappa shape index (κ1) is 17.4. The number of aliphatic carboxylic acids is 1. The highest BCUT2D eigenvalue weighted by molar-refractivity contribution is 7.09. The SMILES string of the molecule is Cc1ncsc1CN(C)C(=O)N(CCCC(=O)O)C(C)C. The van der Waals surface area contributed by atoms with Crippen LogP contribution in [-0.2, 0) is 11.3 Å². The first-order valence-corrected chi connectivity index (χ1v) is 7.83. The summed E-state index contributed by atoms with van der Waals surface area (Å²) in [6.07, 6.45) is 0.543. The van der Waals surface area contributed by atoms with Gasteiger partial charge in [-0.25, -0.2) is 9.78 Å². The van der Waals surface area contributed by atoms with Gasteiger partial charge in [0.1, 0.15) is 0 Å². The normalized spacial score (nSPS) is 10.7. The first-order chi connectivity index (χ1) is 9.82. The number of carboxylic acid groups (broad SMARTS) is 1. The van der Waals surface area contributed by atoms with Gasteiger partial charge in [-0.05, 0) is 27.2 Å². The Kier molecular flexibility index (Phi) is 6.61. The minimum Gasteiger partial charge on any atom is -0.481 e. The zero-order valence-corrected chi connectivity index (χ0v) is 13.8. The predicted molar refractivity (Wildman–Crippen MR) is 82.4 cm³/mol. The average molecular weight is 313 g/mol. The summed E-state index contributed by atoms with van der Waals surface area (Å²) in [6.45, 7) is 6.78. The molecule has 6 nitrogen and oxygen atoms in total. The second-order valence-corrected chi connectivity index (χ2v) is 6.22. The van der Waals surface area contributed by atoms with E-state index in [1.54, 1.807) is 22.4 Å². The van der Waals surface area contributed by atoms with Crippen molar-refractivity contribution in [2.24, 2.45) is 0 Å². The second-order valence-electron chi connectivity index (χ2n) is 5.28. The Balaban J connectivity index is 2.62. The molecule has 0 radical (unpaired) electrons. The van der Waals surface area contributed by atoms with Crippen molar-refractivity contribution in [1.82, 2.24) is 14.8 Å². The van der Waals surface area contributed by atoms with Gasteiger partial charge >= 0.3 is 12.0 Å². The van der Waals surface area contributed by atoms with Crippen LogP contribution < -0.4 is 0 Å². The van der Waals surface area contributed by atoms with Crippen LogP contribution in [0.3, 0.4) is 0 Å². The van der Waals surface area contributed by atoms with Gasteiger partial charge in [0, 0.05) is 30.9 Å². The van der Waals surface area contributed by atoms with E-state index >= 15 is 0 Å². The summed E-state index contributed by atoms with van der Waals surface area (Å²) < 4.78 is 0. The standard InChI is InChI=1S/C14H23N3O3S/c1-10(2)17(7-5-6-13(18)19)14(20)16(4)8-12-11(3)15-9-21-12/h9-10H,5-8H2,1-4H3,(H,18,19). The number of aryl methyl sites for hydroxylation is 1.